The molecule has 1 N–H and O–H groups in total. The molecule has 0 aromatic rings. The highest BCUT2D eigenvalue weighted by Crippen LogP contribution is 2.70. The van der Waals surface area contributed by atoms with Gasteiger partial charge in [-0.15, -0.1) is 11.6 Å². The van der Waals surface area contributed by atoms with E-state index in [2.05, 4.69) is 0 Å². The third kappa shape index (κ3) is 1.96. The Hall–Kier alpha value is -1.26. The maximum absolute atomic E-state index is 15.9. The van der Waals surface area contributed by atoms with Crippen molar-refractivity contribution < 1.29 is 19.1 Å². The van der Waals surface area contributed by atoms with Gasteiger partial charge >= 0.3 is 0 Å². The summed E-state index contributed by atoms with van der Waals surface area (Å²) < 4.78 is 15.9. The van der Waals surface area contributed by atoms with Gasteiger partial charge in [0.15, 0.2) is 11.6 Å². The van der Waals surface area contributed by atoms with Crippen molar-refractivity contribution in [2.75, 3.05) is 0 Å². The Morgan fingerprint density at radius 3 is 2.63 bits per heavy atom. The maximum atomic E-state index is 15.9. The van der Waals surface area contributed by atoms with Crippen molar-refractivity contribution >= 4 is 23.2 Å². The van der Waals surface area contributed by atoms with Crippen molar-refractivity contribution in [3.8, 4) is 0 Å². The third-order valence-electron chi connectivity index (χ3n) is 8.28. The molecular weight excluding hydrogens is 367 g/mol. The first kappa shape index (κ1) is 19.1. The molecule has 3 nitrogen and oxygen atoms in total. The molecule has 2 saturated carbocycles. The Kier molecular flexibility index (Phi) is 3.83. The van der Waals surface area contributed by atoms with Crippen molar-refractivity contribution in [2.24, 2.45) is 28.6 Å². The summed E-state index contributed by atoms with van der Waals surface area (Å²) in [4.78, 5) is 23.0. The van der Waals surface area contributed by atoms with E-state index in [9.17, 15) is 14.7 Å². The summed E-state index contributed by atoms with van der Waals surface area (Å²) in [5.41, 5.74) is -2.52. The van der Waals surface area contributed by atoms with Crippen molar-refractivity contribution in [3.63, 3.8) is 0 Å². The number of hydrogen-bond acceptors (Lipinski definition) is 3. The summed E-state index contributed by atoms with van der Waals surface area (Å²) in [5.74, 6) is -1.15. The molecule has 0 aromatic heterocycles. The van der Waals surface area contributed by atoms with E-state index in [-0.39, 0.29) is 35.7 Å². The molecule has 0 unspecified atom stereocenters. The summed E-state index contributed by atoms with van der Waals surface area (Å²) in [6.07, 6.45) is 7.71. The molecule has 0 saturated heterocycles. The highest BCUT2D eigenvalue weighted by atomic mass is 35.5. The van der Waals surface area contributed by atoms with Crippen molar-refractivity contribution in [3.05, 3.63) is 36.0 Å². The highest BCUT2D eigenvalue weighted by molar-refractivity contribution is 6.26. The number of alkyl halides is 2. The summed E-state index contributed by atoms with van der Waals surface area (Å²) in [5, 5.41) is 11.4. The van der Waals surface area contributed by atoms with Crippen molar-refractivity contribution in [2.45, 2.75) is 57.2 Å². The normalized spacial score (nSPS) is 53.4. The SMILES string of the molecule is CC(=O)[C@@]1(O)[C@@H](C)C[C@H]2[C@@H]3C=CC4=CC(=O)C=C[C@]4(C)[C@@]3(Cl)[C@@H](F)C[C@@]21C. The molecule has 0 amide bonds. The zero-order valence-electron chi connectivity index (χ0n) is 16.1. The fourth-order valence-electron chi connectivity index (χ4n) is 6.70. The zero-order valence-corrected chi connectivity index (χ0v) is 16.9. The number of allylic oxidation sites excluding steroid dienone is 6. The van der Waals surface area contributed by atoms with Gasteiger partial charge in [-0.2, -0.15) is 0 Å². The molecule has 4 aliphatic rings. The van der Waals surface area contributed by atoms with E-state index < -0.39 is 27.5 Å². The van der Waals surface area contributed by atoms with Gasteiger partial charge in [0.25, 0.3) is 0 Å². The van der Waals surface area contributed by atoms with Gasteiger partial charge in [0.05, 0.1) is 4.87 Å². The van der Waals surface area contributed by atoms with Crippen LogP contribution < -0.4 is 0 Å². The first-order valence-electron chi connectivity index (χ1n) is 9.63. The molecule has 4 aliphatic carbocycles. The van der Waals surface area contributed by atoms with Crippen LogP contribution in [0.2, 0.25) is 0 Å². The maximum Gasteiger partial charge on any atom is 0.178 e. The monoisotopic (exact) mass is 392 g/mol. The minimum absolute atomic E-state index is 0.0244. The summed E-state index contributed by atoms with van der Waals surface area (Å²) in [7, 11) is 0. The molecule has 0 radical (unpaired) electrons. The number of ketones is 2. The molecule has 27 heavy (non-hydrogen) atoms. The van der Waals surface area contributed by atoms with Crippen LogP contribution >= 0.6 is 11.6 Å². The van der Waals surface area contributed by atoms with E-state index in [1.165, 1.54) is 19.1 Å². The molecule has 4 rings (SSSR count). The molecule has 8 atom stereocenters. The average molecular weight is 393 g/mol. The van der Waals surface area contributed by atoms with E-state index >= 15 is 4.39 Å². The molecular formula is C22H26ClFO3. The second kappa shape index (κ2) is 5.42. The van der Waals surface area contributed by atoms with Crippen LogP contribution in [-0.2, 0) is 9.59 Å². The minimum Gasteiger partial charge on any atom is -0.381 e. The molecule has 146 valence electrons. The van der Waals surface area contributed by atoms with Gasteiger partial charge in [-0.05, 0) is 49.3 Å². The lowest BCUT2D eigenvalue weighted by atomic mass is 9.47. The average Bonchev–Trinajstić information content (AvgIpc) is 2.79. The van der Waals surface area contributed by atoms with Gasteiger partial charge in [0.1, 0.15) is 11.8 Å². The smallest absolute Gasteiger partial charge is 0.178 e. The van der Waals surface area contributed by atoms with E-state index in [1.807, 2.05) is 32.9 Å². The molecule has 2 fully saturated rings. The number of Topliss-reactive ketones (excluding diaryl/α,β-unsaturated/α-hetero) is 1. The van der Waals surface area contributed by atoms with E-state index in [0.717, 1.165) is 5.57 Å². The number of hydrogen-bond donors (Lipinski definition) is 1. The van der Waals surface area contributed by atoms with Gasteiger partial charge in [-0.3, -0.25) is 9.59 Å². The Labute approximate surface area is 164 Å². The Bertz CT molecular complexity index is 831. The summed E-state index contributed by atoms with van der Waals surface area (Å²) >= 11 is 7.14. The van der Waals surface area contributed by atoms with Gasteiger partial charge in [-0.1, -0.05) is 39.0 Å². The summed E-state index contributed by atoms with van der Waals surface area (Å²) in [6, 6.07) is 0. The molecule has 0 spiro atoms. The van der Waals surface area contributed by atoms with Crippen LogP contribution in [0.15, 0.2) is 36.0 Å². The Balaban J connectivity index is 1.90. The van der Waals surface area contributed by atoms with E-state index in [1.54, 1.807) is 6.08 Å². The predicted octanol–water partition coefficient (Wildman–Crippen LogP) is 3.95. The van der Waals surface area contributed by atoms with Crippen LogP contribution in [0.4, 0.5) is 4.39 Å². The number of fused-ring (bicyclic) bond motifs is 5. The van der Waals surface area contributed by atoms with Gasteiger partial charge < -0.3 is 5.11 Å². The van der Waals surface area contributed by atoms with Gasteiger partial charge in [0.2, 0.25) is 0 Å². The molecule has 0 aromatic carbocycles. The van der Waals surface area contributed by atoms with Crippen LogP contribution in [0, 0.1) is 28.6 Å². The van der Waals surface area contributed by atoms with E-state index in [0.29, 0.717) is 6.42 Å². The molecule has 0 bridgehead atoms. The number of carbonyl (C=O) groups is 2. The lowest BCUT2D eigenvalue weighted by Crippen LogP contribution is -2.66. The fraction of sp³-hybridized carbons (Fsp3) is 0.636. The third-order valence-corrected chi connectivity index (χ3v) is 9.16. The molecule has 5 heteroatoms. The number of aliphatic hydroxyl groups is 1. The van der Waals surface area contributed by atoms with Crippen molar-refractivity contribution in [1.82, 2.24) is 0 Å². The lowest BCUT2D eigenvalue weighted by molar-refractivity contribution is -0.166. The minimum atomic E-state index is -1.55. The molecule has 0 heterocycles. The topological polar surface area (TPSA) is 54.4 Å². The standard InChI is InChI=1S/C22H26ClFO3/c1-12-9-17-16-6-5-14-10-15(26)7-8-19(14,3)21(16,23)18(24)11-20(17,4)22(12,27)13(2)25/h5-8,10,12,16-18,27H,9,11H2,1-4H3/t12-,16-,17-,18-,19-,20-,21-,22-/m0/s1. The first-order chi connectivity index (χ1) is 12.4. The van der Waals surface area contributed by atoms with Gasteiger partial charge in [-0.25, -0.2) is 4.39 Å². The van der Waals surface area contributed by atoms with Crippen LogP contribution in [0.25, 0.3) is 0 Å². The van der Waals surface area contributed by atoms with Crippen LogP contribution in [-0.4, -0.2) is 33.3 Å². The largest absolute Gasteiger partial charge is 0.381 e. The summed E-state index contributed by atoms with van der Waals surface area (Å²) in [6.45, 7) is 6.99. The second-order valence-electron chi connectivity index (χ2n) is 9.35. The first-order valence-corrected chi connectivity index (χ1v) is 10.0. The Morgan fingerprint density at radius 2 is 2.00 bits per heavy atom. The predicted molar refractivity (Wildman–Crippen MR) is 102 cm³/mol. The molecule has 0 aliphatic heterocycles. The Morgan fingerprint density at radius 1 is 1.33 bits per heavy atom. The number of rotatable bonds is 1. The highest BCUT2D eigenvalue weighted by Gasteiger charge is 2.74. The zero-order chi connectivity index (χ0) is 20.0. The lowest BCUT2D eigenvalue weighted by Gasteiger charge is -2.61. The van der Waals surface area contributed by atoms with Crippen LogP contribution in [0.3, 0.4) is 0 Å². The quantitative estimate of drug-likeness (QED) is 0.687. The van der Waals surface area contributed by atoms with E-state index in [4.69, 9.17) is 11.6 Å². The second-order valence-corrected chi connectivity index (χ2v) is 9.97. The fourth-order valence-corrected chi connectivity index (χ4v) is 7.17. The van der Waals surface area contributed by atoms with Crippen LogP contribution in [0.1, 0.15) is 40.5 Å². The number of carbonyl (C=O) groups excluding carboxylic acids is 2. The number of halogens is 2. The van der Waals surface area contributed by atoms with Gasteiger partial charge in [0, 0.05) is 16.7 Å². The van der Waals surface area contributed by atoms with Crippen LogP contribution in [0.5, 0.6) is 0 Å². The van der Waals surface area contributed by atoms with Crippen molar-refractivity contribution in [1.29, 1.82) is 0 Å².